The van der Waals surface area contributed by atoms with Gasteiger partial charge in [-0.3, -0.25) is 4.57 Å². The monoisotopic (exact) mass is 166 g/mol. The van der Waals surface area contributed by atoms with E-state index in [1.165, 1.54) is 19.3 Å². The van der Waals surface area contributed by atoms with Gasteiger partial charge in [-0.05, 0) is 18.3 Å². The van der Waals surface area contributed by atoms with Crippen LogP contribution in [0.4, 0.5) is 0 Å². The number of rotatable bonds is 2. The Morgan fingerprint density at radius 1 is 1.67 bits per heavy atom. The number of H-pyrrole nitrogens is 1. The third-order valence-electron chi connectivity index (χ3n) is 2.83. The molecule has 0 amide bonds. The Labute approximate surface area is 71.4 Å². The molecule has 0 atom stereocenters. The highest BCUT2D eigenvalue weighted by molar-refractivity contribution is 4.86. The van der Waals surface area contributed by atoms with Crippen molar-refractivity contribution in [2.75, 3.05) is 0 Å². The van der Waals surface area contributed by atoms with Crippen LogP contribution in [0.3, 0.4) is 0 Å². The van der Waals surface area contributed by atoms with Crippen LogP contribution in [0.25, 0.3) is 0 Å². The largest absolute Gasteiger partial charge is 0.325 e. The molecule has 0 aliphatic heterocycles. The molecule has 0 bridgehead atoms. The summed E-state index contributed by atoms with van der Waals surface area (Å²) in [5.41, 5.74) is 0.398. The average Bonchev–Trinajstić information content (AvgIpc) is 2.34. The van der Waals surface area contributed by atoms with Gasteiger partial charge in [0.15, 0.2) is 0 Å². The van der Waals surface area contributed by atoms with Crippen molar-refractivity contribution < 1.29 is 0 Å². The molecule has 12 heavy (non-hydrogen) atoms. The SMILES string of the molecule is CC1(Cn2cc[nH]c2=O)CCC1. The van der Waals surface area contributed by atoms with E-state index in [0.29, 0.717) is 5.41 Å². The van der Waals surface area contributed by atoms with Crippen LogP contribution in [-0.4, -0.2) is 9.55 Å². The first-order valence-electron chi connectivity index (χ1n) is 4.43. The smallest absolute Gasteiger partial charge is 0.313 e. The zero-order valence-electron chi connectivity index (χ0n) is 7.34. The Kier molecular flexibility index (Phi) is 1.60. The second-order valence-corrected chi connectivity index (χ2v) is 4.06. The standard InChI is InChI=1S/C9H14N2O/c1-9(3-2-4-9)7-11-6-5-10-8(11)12/h5-6H,2-4,7H2,1H3,(H,10,12). The molecular formula is C9H14N2O. The molecule has 0 radical (unpaired) electrons. The summed E-state index contributed by atoms with van der Waals surface area (Å²) in [5, 5.41) is 0. The first kappa shape index (κ1) is 7.65. The van der Waals surface area contributed by atoms with Crippen molar-refractivity contribution >= 4 is 0 Å². The van der Waals surface area contributed by atoms with Crippen LogP contribution in [0.5, 0.6) is 0 Å². The van der Waals surface area contributed by atoms with Crippen LogP contribution < -0.4 is 5.69 Å². The van der Waals surface area contributed by atoms with E-state index in [2.05, 4.69) is 11.9 Å². The van der Waals surface area contributed by atoms with E-state index in [9.17, 15) is 4.79 Å². The number of nitrogens with zero attached hydrogens (tertiary/aromatic N) is 1. The number of hydrogen-bond donors (Lipinski definition) is 1. The normalized spacial score (nSPS) is 20.4. The Morgan fingerprint density at radius 3 is 2.83 bits per heavy atom. The van der Waals surface area contributed by atoms with Crippen LogP contribution in [0, 0.1) is 5.41 Å². The molecule has 0 saturated heterocycles. The molecule has 1 saturated carbocycles. The molecule has 2 rings (SSSR count). The van der Waals surface area contributed by atoms with Gasteiger partial charge in [-0.2, -0.15) is 0 Å². The zero-order valence-corrected chi connectivity index (χ0v) is 7.34. The first-order valence-corrected chi connectivity index (χ1v) is 4.43. The lowest BCUT2D eigenvalue weighted by Crippen LogP contribution is -2.34. The summed E-state index contributed by atoms with van der Waals surface area (Å²) >= 11 is 0. The van der Waals surface area contributed by atoms with E-state index in [1.807, 2.05) is 6.20 Å². The van der Waals surface area contributed by atoms with Gasteiger partial charge < -0.3 is 4.98 Å². The Hall–Kier alpha value is -0.990. The molecule has 1 aliphatic rings. The minimum Gasteiger partial charge on any atom is -0.313 e. The lowest BCUT2D eigenvalue weighted by atomic mass is 9.70. The minimum atomic E-state index is 0.0168. The van der Waals surface area contributed by atoms with E-state index in [0.717, 1.165) is 6.54 Å². The van der Waals surface area contributed by atoms with Gasteiger partial charge in [0.25, 0.3) is 0 Å². The second-order valence-electron chi connectivity index (χ2n) is 4.06. The van der Waals surface area contributed by atoms with E-state index in [-0.39, 0.29) is 5.69 Å². The van der Waals surface area contributed by atoms with Gasteiger partial charge in [-0.25, -0.2) is 4.79 Å². The summed E-state index contributed by atoms with van der Waals surface area (Å²) in [6.45, 7) is 3.12. The van der Waals surface area contributed by atoms with E-state index >= 15 is 0 Å². The van der Waals surface area contributed by atoms with Crippen LogP contribution in [0.2, 0.25) is 0 Å². The fourth-order valence-corrected chi connectivity index (χ4v) is 1.82. The fraction of sp³-hybridized carbons (Fsp3) is 0.667. The molecule has 1 heterocycles. The highest BCUT2D eigenvalue weighted by Crippen LogP contribution is 2.41. The molecule has 1 N–H and O–H groups in total. The average molecular weight is 166 g/mol. The summed E-state index contributed by atoms with van der Waals surface area (Å²) in [4.78, 5) is 13.8. The summed E-state index contributed by atoms with van der Waals surface area (Å²) in [7, 11) is 0. The molecular weight excluding hydrogens is 152 g/mol. The molecule has 3 heteroatoms. The van der Waals surface area contributed by atoms with E-state index in [4.69, 9.17) is 0 Å². The summed E-state index contributed by atoms with van der Waals surface area (Å²) in [5.74, 6) is 0. The lowest BCUT2D eigenvalue weighted by molar-refractivity contribution is 0.130. The topological polar surface area (TPSA) is 37.8 Å². The second kappa shape index (κ2) is 2.51. The van der Waals surface area contributed by atoms with Crippen LogP contribution in [0.15, 0.2) is 17.2 Å². The maximum absolute atomic E-state index is 11.1. The van der Waals surface area contributed by atoms with Crippen molar-refractivity contribution in [1.82, 2.24) is 9.55 Å². The predicted octanol–water partition coefficient (Wildman–Crippen LogP) is 1.37. The van der Waals surface area contributed by atoms with Crippen molar-refractivity contribution in [3.8, 4) is 0 Å². The van der Waals surface area contributed by atoms with Gasteiger partial charge in [0, 0.05) is 18.9 Å². The quantitative estimate of drug-likeness (QED) is 0.707. The van der Waals surface area contributed by atoms with Crippen molar-refractivity contribution in [2.45, 2.75) is 32.7 Å². The number of hydrogen-bond acceptors (Lipinski definition) is 1. The molecule has 1 aliphatic carbocycles. The highest BCUT2D eigenvalue weighted by atomic mass is 16.1. The summed E-state index contributed by atoms with van der Waals surface area (Å²) in [6.07, 6.45) is 7.35. The highest BCUT2D eigenvalue weighted by Gasteiger charge is 2.32. The molecule has 1 aromatic heterocycles. The van der Waals surface area contributed by atoms with Gasteiger partial charge in [0.1, 0.15) is 0 Å². The van der Waals surface area contributed by atoms with E-state index < -0.39 is 0 Å². The molecule has 0 spiro atoms. The molecule has 0 unspecified atom stereocenters. The number of aromatic nitrogens is 2. The molecule has 1 fully saturated rings. The van der Waals surface area contributed by atoms with Crippen molar-refractivity contribution in [2.24, 2.45) is 5.41 Å². The molecule has 3 nitrogen and oxygen atoms in total. The molecule has 66 valence electrons. The third-order valence-corrected chi connectivity index (χ3v) is 2.83. The van der Waals surface area contributed by atoms with Gasteiger partial charge in [0.05, 0.1) is 0 Å². The number of nitrogens with one attached hydrogen (secondary N) is 1. The van der Waals surface area contributed by atoms with Crippen molar-refractivity contribution in [3.63, 3.8) is 0 Å². The minimum absolute atomic E-state index is 0.0168. The summed E-state index contributed by atoms with van der Waals surface area (Å²) < 4.78 is 1.76. The Bertz CT molecular complexity index is 319. The Balaban J connectivity index is 2.13. The molecule has 0 aromatic carbocycles. The van der Waals surface area contributed by atoms with Crippen molar-refractivity contribution in [1.29, 1.82) is 0 Å². The number of imidazole rings is 1. The predicted molar refractivity (Wildman–Crippen MR) is 47.0 cm³/mol. The van der Waals surface area contributed by atoms with Gasteiger partial charge in [-0.1, -0.05) is 13.3 Å². The number of aromatic amines is 1. The lowest BCUT2D eigenvalue weighted by Gasteiger charge is -2.38. The third kappa shape index (κ3) is 1.19. The van der Waals surface area contributed by atoms with Gasteiger partial charge in [-0.15, -0.1) is 0 Å². The van der Waals surface area contributed by atoms with Crippen LogP contribution in [-0.2, 0) is 6.54 Å². The zero-order chi connectivity index (χ0) is 8.60. The van der Waals surface area contributed by atoms with Crippen LogP contribution in [0.1, 0.15) is 26.2 Å². The maximum atomic E-state index is 11.1. The van der Waals surface area contributed by atoms with E-state index in [1.54, 1.807) is 10.8 Å². The fourth-order valence-electron chi connectivity index (χ4n) is 1.82. The molecule has 1 aromatic rings. The van der Waals surface area contributed by atoms with Crippen LogP contribution >= 0.6 is 0 Å². The maximum Gasteiger partial charge on any atom is 0.325 e. The van der Waals surface area contributed by atoms with Gasteiger partial charge >= 0.3 is 5.69 Å². The Morgan fingerprint density at radius 2 is 2.42 bits per heavy atom. The van der Waals surface area contributed by atoms with Gasteiger partial charge in [0.2, 0.25) is 0 Å². The first-order chi connectivity index (χ1) is 5.70. The summed E-state index contributed by atoms with van der Waals surface area (Å²) in [6, 6.07) is 0. The van der Waals surface area contributed by atoms with Crippen molar-refractivity contribution in [3.05, 3.63) is 22.9 Å².